The Hall–Kier alpha value is -0.0400. The van der Waals surface area contributed by atoms with Gasteiger partial charge >= 0.3 is 0 Å². The van der Waals surface area contributed by atoms with Crippen molar-refractivity contribution >= 4 is 0 Å². The zero-order chi connectivity index (χ0) is 5.70. The molecule has 0 fully saturated rings. The molecule has 1 heteroatoms. The molecule has 0 rings (SSSR count). The SMILES string of the molecule is CCC(C)CNC.[HH]. The van der Waals surface area contributed by atoms with E-state index in [1.807, 2.05) is 7.05 Å². The summed E-state index contributed by atoms with van der Waals surface area (Å²) in [5.74, 6) is 0.838. The van der Waals surface area contributed by atoms with Crippen molar-refractivity contribution in [2.75, 3.05) is 13.6 Å². The van der Waals surface area contributed by atoms with Crippen LogP contribution >= 0.6 is 0 Å². The first-order valence-corrected chi connectivity index (χ1v) is 2.95. The van der Waals surface area contributed by atoms with Crippen molar-refractivity contribution in [1.29, 1.82) is 0 Å². The average molecular weight is 103 g/mol. The predicted molar refractivity (Wildman–Crippen MR) is 35.5 cm³/mol. The average Bonchev–Trinajstić information content (AvgIpc) is 1.68. The molecule has 1 nitrogen and oxygen atoms in total. The first-order valence-electron chi connectivity index (χ1n) is 2.95. The van der Waals surface area contributed by atoms with Gasteiger partial charge in [-0.3, -0.25) is 0 Å². The van der Waals surface area contributed by atoms with Crippen LogP contribution < -0.4 is 5.32 Å². The molecule has 0 radical (unpaired) electrons. The third-order valence-corrected chi connectivity index (χ3v) is 1.25. The quantitative estimate of drug-likeness (QED) is 0.570. The summed E-state index contributed by atoms with van der Waals surface area (Å²) >= 11 is 0. The summed E-state index contributed by atoms with van der Waals surface area (Å²) in [6.45, 7) is 5.61. The molecule has 0 aliphatic rings. The van der Waals surface area contributed by atoms with E-state index in [1.165, 1.54) is 6.42 Å². The number of rotatable bonds is 3. The van der Waals surface area contributed by atoms with Crippen molar-refractivity contribution in [2.24, 2.45) is 5.92 Å². The molecule has 1 unspecified atom stereocenters. The lowest BCUT2D eigenvalue weighted by molar-refractivity contribution is 0.528. The van der Waals surface area contributed by atoms with Crippen LogP contribution in [-0.4, -0.2) is 13.6 Å². The van der Waals surface area contributed by atoms with Crippen molar-refractivity contribution in [3.05, 3.63) is 0 Å². The van der Waals surface area contributed by atoms with Gasteiger partial charge in [-0.25, -0.2) is 0 Å². The molecule has 0 spiro atoms. The van der Waals surface area contributed by atoms with Crippen LogP contribution in [0.4, 0.5) is 0 Å². The minimum atomic E-state index is 0. The van der Waals surface area contributed by atoms with Crippen LogP contribution in [0.5, 0.6) is 0 Å². The zero-order valence-corrected chi connectivity index (χ0v) is 5.49. The Labute approximate surface area is 47.6 Å². The van der Waals surface area contributed by atoms with E-state index in [-0.39, 0.29) is 1.43 Å². The highest BCUT2D eigenvalue weighted by Crippen LogP contribution is 1.95. The maximum atomic E-state index is 3.12. The van der Waals surface area contributed by atoms with Gasteiger partial charge < -0.3 is 5.32 Å². The van der Waals surface area contributed by atoms with E-state index in [2.05, 4.69) is 19.2 Å². The maximum Gasteiger partial charge on any atom is 0 e. The Morgan fingerprint density at radius 2 is 2.29 bits per heavy atom. The normalized spacial score (nSPS) is 14.1. The summed E-state index contributed by atoms with van der Waals surface area (Å²) in [7, 11) is 1.99. The lowest BCUT2D eigenvalue weighted by Gasteiger charge is -2.04. The Kier molecular flexibility index (Phi) is 4.10. The third-order valence-electron chi connectivity index (χ3n) is 1.25. The summed E-state index contributed by atoms with van der Waals surface area (Å²) < 4.78 is 0. The molecule has 1 atom stereocenters. The second kappa shape index (κ2) is 4.13. The Bertz CT molecular complexity index is 39.5. The van der Waals surface area contributed by atoms with E-state index < -0.39 is 0 Å². The molecule has 46 valence electrons. The van der Waals surface area contributed by atoms with Gasteiger partial charge in [0.1, 0.15) is 0 Å². The molecule has 0 aromatic carbocycles. The Morgan fingerprint density at radius 1 is 1.71 bits per heavy atom. The Morgan fingerprint density at radius 3 is 2.43 bits per heavy atom. The maximum absolute atomic E-state index is 3.12. The standard InChI is InChI=1S/C6H15N.H2/c1-4-6(2)5-7-3;/h6-7H,4-5H2,1-3H3;1H. The molecule has 7 heavy (non-hydrogen) atoms. The van der Waals surface area contributed by atoms with Gasteiger partial charge in [-0.2, -0.15) is 0 Å². The topological polar surface area (TPSA) is 12.0 Å². The fraction of sp³-hybridized carbons (Fsp3) is 1.00. The highest BCUT2D eigenvalue weighted by Gasteiger charge is 1.91. The van der Waals surface area contributed by atoms with E-state index in [9.17, 15) is 0 Å². The van der Waals surface area contributed by atoms with Gasteiger partial charge in [-0.1, -0.05) is 20.3 Å². The number of hydrogen-bond donors (Lipinski definition) is 1. The summed E-state index contributed by atoms with van der Waals surface area (Å²) in [5, 5.41) is 3.12. The molecule has 0 bridgehead atoms. The lowest BCUT2D eigenvalue weighted by atomic mass is 10.1. The third kappa shape index (κ3) is 3.80. The molecule has 0 aromatic rings. The fourth-order valence-electron chi connectivity index (χ4n) is 0.493. The summed E-state index contributed by atoms with van der Waals surface area (Å²) in [6.07, 6.45) is 1.28. The summed E-state index contributed by atoms with van der Waals surface area (Å²) in [5.41, 5.74) is 0. The van der Waals surface area contributed by atoms with Crippen molar-refractivity contribution in [3.8, 4) is 0 Å². The smallest absolute Gasteiger partial charge is 0 e. The van der Waals surface area contributed by atoms with Crippen LogP contribution in [0.1, 0.15) is 21.7 Å². The van der Waals surface area contributed by atoms with Crippen LogP contribution in [0.25, 0.3) is 0 Å². The van der Waals surface area contributed by atoms with E-state index in [0.29, 0.717) is 0 Å². The largest absolute Gasteiger partial charge is 0.319 e. The van der Waals surface area contributed by atoms with Crippen molar-refractivity contribution in [1.82, 2.24) is 5.32 Å². The van der Waals surface area contributed by atoms with Gasteiger partial charge in [-0.05, 0) is 19.5 Å². The Balaban J connectivity index is 0. The van der Waals surface area contributed by atoms with Crippen molar-refractivity contribution in [2.45, 2.75) is 20.3 Å². The molecule has 0 heterocycles. The molecule has 0 aliphatic heterocycles. The highest BCUT2D eigenvalue weighted by molar-refractivity contribution is 4.49. The van der Waals surface area contributed by atoms with E-state index in [1.54, 1.807) is 0 Å². The van der Waals surface area contributed by atoms with Crippen LogP contribution in [0.15, 0.2) is 0 Å². The van der Waals surface area contributed by atoms with Gasteiger partial charge in [0.2, 0.25) is 0 Å². The fourth-order valence-corrected chi connectivity index (χ4v) is 0.493. The minimum absolute atomic E-state index is 0. The number of hydrogen-bond acceptors (Lipinski definition) is 1. The van der Waals surface area contributed by atoms with E-state index in [4.69, 9.17) is 0 Å². The van der Waals surface area contributed by atoms with Crippen LogP contribution in [0.3, 0.4) is 0 Å². The molecule has 0 saturated carbocycles. The molecule has 1 N–H and O–H groups in total. The van der Waals surface area contributed by atoms with Gasteiger partial charge in [0.25, 0.3) is 0 Å². The van der Waals surface area contributed by atoms with Gasteiger partial charge in [0.05, 0.1) is 0 Å². The zero-order valence-electron chi connectivity index (χ0n) is 5.49. The monoisotopic (exact) mass is 103 g/mol. The second-order valence-corrected chi connectivity index (χ2v) is 2.07. The number of nitrogens with one attached hydrogen (secondary N) is 1. The van der Waals surface area contributed by atoms with E-state index >= 15 is 0 Å². The molecule has 0 aromatic heterocycles. The van der Waals surface area contributed by atoms with Gasteiger partial charge in [0, 0.05) is 1.43 Å². The van der Waals surface area contributed by atoms with Gasteiger partial charge in [0.15, 0.2) is 0 Å². The molecule has 0 saturated heterocycles. The summed E-state index contributed by atoms with van der Waals surface area (Å²) in [6, 6.07) is 0. The first kappa shape index (κ1) is 6.96. The summed E-state index contributed by atoms with van der Waals surface area (Å²) in [4.78, 5) is 0. The van der Waals surface area contributed by atoms with Gasteiger partial charge in [-0.15, -0.1) is 0 Å². The molecule has 0 aliphatic carbocycles. The molecular formula is C6H17N. The first-order chi connectivity index (χ1) is 3.31. The van der Waals surface area contributed by atoms with Crippen LogP contribution in [0.2, 0.25) is 0 Å². The molecule has 0 amide bonds. The molecular weight excluding hydrogens is 86.1 g/mol. The van der Waals surface area contributed by atoms with Crippen LogP contribution in [0, 0.1) is 5.92 Å². The minimum Gasteiger partial charge on any atom is -0.319 e. The second-order valence-electron chi connectivity index (χ2n) is 2.07. The predicted octanol–water partition coefficient (Wildman–Crippen LogP) is 1.50. The highest BCUT2D eigenvalue weighted by atomic mass is 14.8. The van der Waals surface area contributed by atoms with Crippen molar-refractivity contribution in [3.63, 3.8) is 0 Å². The van der Waals surface area contributed by atoms with Crippen molar-refractivity contribution < 1.29 is 1.43 Å². The lowest BCUT2D eigenvalue weighted by Crippen LogP contribution is -2.14. The van der Waals surface area contributed by atoms with Crippen LogP contribution in [-0.2, 0) is 0 Å². The van der Waals surface area contributed by atoms with E-state index in [0.717, 1.165) is 12.5 Å².